The Labute approximate surface area is 168 Å². The van der Waals surface area contributed by atoms with Crippen molar-refractivity contribution in [2.24, 2.45) is 5.92 Å². The van der Waals surface area contributed by atoms with Crippen molar-refractivity contribution in [3.8, 4) is 0 Å². The van der Waals surface area contributed by atoms with Crippen LogP contribution in [0.2, 0.25) is 0 Å². The summed E-state index contributed by atoms with van der Waals surface area (Å²) in [5, 5.41) is 12.1. The molecule has 0 saturated carbocycles. The molecule has 2 unspecified atom stereocenters. The Morgan fingerprint density at radius 1 is 0.828 bits per heavy atom. The lowest BCUT2D eigenvalue weighted by Gasteiger charge is -2.27. The van der Waals surface area contributed by atoms with Crippen molar-refractivity contribution in [3.63, 3.8) is 0 Å². The van der Waals surface area contributed by atoms with Gasteiger partial charge in [-0.25, -0.2) is 0 Å². The minimum absolute atomic E-state index is 0.350. The number of aromatic nitrogens is 3. The summed E-state index contributed by atoms with van der Waals surface area (Å²) in [5.41, 5.74) is 8.46. The van der Waals surface area contributed by atoms with Crippen molar-refractivity contribution < 1.29 is 0 Å². The average Bonchev–Trinajstić information content (AvgIpc) is 3.36. The molecular formula is C26H17N3. The van der Waals surface area contributed by atoms with Crippen LogP contribution in [0.25, 0.3) is 33.1 Å². The Morgan fingerprint density at radius 3 is 2.72 bits per heavy atom. The Hall–Kier alpha value is -3.72. The van der Waals surface area contributed by atoms with Gasteiger partial charge in [-0.2, -0.15) is 4.80 Å². The van der Waals surface area contributed by atoms with Gasteiger partial charge < -0.3 is 0 Å². The summed E-state index contributed by atoms with van der Waals surface area (Å²) in [7, 11) is 0. The molecule has 0 amide bonds. The normalized spacial score (nSPS) is 21.6. The Kier molecular flexibility index (Phi) is 2.85. The molecule has 0 saturated heterocycles. The zero-order valence-corrected chi connectivity index (χ0v) is 15.7. The van der Waals surface area contributed by atoms with Crippen LogP contribution in [0, 0.1) is 5.92 Å². The number of rotatable bonds is 1. The lowest BCUT2D eigenvalue weighted by Crippen LogP contribution is -2.17. The van der Waals surface area contributed by atoms with Gasteiger partial charge >= 0.3 is 0 Å². The number of fused-ring (bicyclic) bond motifs is 6. The summed E-state index contributed by atoms with van der Waals surface area (Å²) in [5.74, 6) is 0.746. The minimum Gasteiger partial charge on any atom is -0.150 e. The van der Waals surface area contributed by atoms with E-state index < -0.39 is 0 Å². The first-order valence-electron chi connectivity index (χ1n) is 10.0. The van der Waals surface area contributed by atoms with E-state index in [1.54, 1.807) is 0 Å². The Balaban J connectivity index is 1.45. The molecule has 0 N–H and O–H groups in total. The molecule has 29 heavy (non-hydrogen) atoms. The monoisotopic (exact) mass is 371 g/mol. The lowest BCUT2D eigenvalue weighted by atomic mass is 9.77. The molecule has 0 spiro atoms. The SMILES string of the molecule is C1=CC2=C(n3nc4ccc5ccccc5c4n3)C=CC3c4ccccc4C(=C1)C23. The van der Waals surface area contributed by atoms with Gasteiger partial charge in [0.15, 0.2) is 0 Å². The maximum Gasteiger partial charge on any atom is 0.121 e. The molecular weight excluding hydrogens is 354 g/mol. The molecule has 0 radical (unpaired) electrons. The molecule has 3 aliphatic rings. The van der Waals surface area contributed by atoms with E-state index in [0.717, 1.165) is 22.1 Å². The summed E-state index contributed by atoms with van der Waals surface area (Å²) in [6, 6.07) is 21.3. The third-order valence-electron chi connectivity index (χ3n) is 6.46. The topological polar surface area (TPSA) is 30.7 Å². The number of benzene rings is 3. The maximum absolute atomic E-state index is 4.92. The van der Waals surface area contributed by atoms with Gasteiger partial charge in [-0.15, -0.1) is 10.2 Å². The first kappa shape index (κ1) is 15.2. The van der Waals surface area contributed by atoms with E-state index in [9.17, 15) is 0 Å². The van der Waals surface area contributed by atoms with Crippen LogP contribution in [0.15, 0.2) is 96.6 Å². The molecule has 1 heterocycles. The van der Waals surface area contributed by atoms with Gasteiger partial charge in [0.2, 0.25) is 0 Å². The molecule has 0 aliphatic heterocycles. The fourth-order valence-corrected chi connectivity index (χ4v) is 5.19. The van der Waals surface area contributed by atoms with Crippen LogP contribution in [0.1, 0.15) is 17.0 Å². The van der Waals surface area contributed by atoms with Crippen molar-refractivity contribution in [3.05, 3.63) is 108 Å². The fourth-order valence-electron chi connectivity index (χ4n) is 5.19. The van der Waals surface area contributed by atoms with Gasteiger partial charge in [-0.1, -0.05) is 78.9 Å². The Morgan fingerprint density at radius 2 is 1.72 bits per heavy atom. The molecule has 3 heteroatoms. The number of hydrogen-bond acceptors (Lipinski definition) is 2. The van der Waals surface area contributed by atoms with Gasteiger partial charge in [-0.05, 0) is 39.8 Å². The van der Waals surface area contributed by atoms with E-state index in [2.05, 4.69) is 91.0 Å². The molecule has 4 aromatic rings. The predicted molar refractivity (Wildman–Crippen MR) is 117 cm³/mol. The highest BCUT2D eigenvalue weighted by Crippen LogP contribution is 2.54. The molecule has 3 aromatic carbocycles. The molecule has 7 rings (SSSR count). The van der Waals surface area contributed by atoms with E-state index in [1.807, 2.05) is 4.80 Å². The van der Waals surface area contributed by atoms with E-state index in [-0.39, 0.29) is 0 Å². The smallest absolute Gasteiger partial charge is 0.121 e. The first-order chi connectivity index (χ1) is 14.4. The molecule has 1 aromatic heterocycles. The minimum atomic E-state index is 0.350. The molecule has 0 bridgehead atoms. The fraction of sp³-hybridized carbons (Fsp3) is 0.0769. The van der Waals surface area contributed by atoms with Crippen LogP contribution in [0.5, 0.6) is 0 Å². The molecule has 136 valence electrons. The van der Waals surface area contributed by atoms with Crippen LogP contribution in [0.3, 0.4) is 0 Å². The van der Waals surface area contributed by atoms with Gasteiger partial charge in [0.25, 0.3) is 0 Å². The van der Waals surface area contributed by atoms with Crippen molar-refractivity contribution >= 4 is 33.1 Å². The largest absolute Gasteiger partial charge is 0.150 e. The average molecular weight is 371 g/mol. The van der Waals surface area contributed by atoms with E-state index in [0.29, 0.717) is 11.8 Å². The third kappa shape index (κ3) is 1.97. The molecule has 3 nitrogen and oxygen atoms in total. The van der Waals surface area contributed by atoms with Gasteiger partial charge in [0.1, 0.15) is 11.0 Å². The molecule has 0 fully saturated rings. The zero-order chi connectivity index (χ0) is 18.9. The highest BCUT2D eigenvalue weighted by molar-refractivity contribution is 6.03. The predicted octanol–water partition coefficient (Wildman–Crippen LogP) is 5.73. The summed E-state index contributed by atoms with van der Waals surface area (Å²) >= 11 is 0. The maximum atomic E-state index is 4.92. The van der Waals surface area contributed by atoms with Gasteiger partial charge in [-0.3, -0.25) is 0 Å². The van der Waals surface area contributed by atoms with Crippen molar-refractivity contribution in [2.45, 2.75) is 5.92 Å². The van der Waals surface area contributed by atoms with E-state index in [4.69, 9.17) is 10.2 Å². The third-order valence-corrected chi connectivity index (χ3v) is 6.46. The molecule has 2 atom stereocenters. The van der Waals surface area contributed by atoms with Crippen LogP contribution in [-0.4, -0.2) is 15.0 Å². The summed E-state index contributed by atoms with van der Waals surface area (Å²) in [4.78, 5) is 1.83. The summed E-state index contributed by atoms with van der Waals surface area (Å²) in [6.07, 6.45) is 11.2. The van der Waals surface area contributed by atoms with Gasteiger partial charge in [0, 0.05) is 17.2 Å². The van der Waals surface area contributed by atoms with Crippen molar-refractivity contribution in [1.82, 2.24) is 15.0 Å². The lowest BCUT2D eigenvalue weighted by molar-refractivity contribution is 0.696. The Bertz CT molecular complexity index is 1460. The summed E-state index contributed by atoms with van der Waals surface area (Å²) in [6.45, 7) is 0. The highest BCUT2D eigenvalue weighted by atomic mass is 15.5. The van der Waals surface area contributed by atoms with Crippen LogP contribution >= 0.6 is 0 Å². The number of nitrogens with zero attached hydrogens (tertiary/aromatic N) is 3. The number of hydrogen-bond donors (Lipinski definition) is 0. The van der Waals surface area contributed by atoms with Gasteiger partial charge in [0.05, 0.1) is 5.70 Å². The van der Waals surface area contributed by atoms with E-state index in [1.165, 1.54) is 27.7 Å². The van der Waals surface area contributed by atoms with Crippen LogP contribution in [-0.2, 0) is 0 Å². The van der Waals surface area contributed by atoms with Crippen LogP contribution in [0.4, 0.5) is 0 Å². The quantitative estimate of drug-likeness (QED) is 0.428. The number of allylic oxidation sites excluding steroid dienone is 8. The molecule has 3 aliphatic carbocycles. The van der Waals surface area contributed by atoms with E-state index >= 15 is 0 Å². The first-order valence-corrected chi connectivity index (χ1v) is 10.0. The summed E-state index contributed by atoms with van der Waals surface area (Å²) < 4.78 is 0. The van der Waals surface area contributed by atoms with Crippen LogP contribution < -0.4 is 0 Å². The zero-order valence-electron chi connectivity index (χ0n) is 15.7. The van der Waals surface area contributed by atoms with Crippen molar-refractivity contribution in [2.75, 3.05) is 0 Å². The highest BCUT2D eigenvalue weighted by Gasteiger charge is 2.40. The second kappa shape index (κ2) is 5.42. The standard InChI is InChI=1S/C26H17N3/c1-2-7-17-16(6-1)12-14-23-26(17)28-29(27-23)24-15-13-21-19-9-4-3-8-18(19)20-10-5-11-22(24)25(20)21/h1-15,21,25H. The second-order valence-corrected chi connectivity index (χ2v) is 7.92. The second-order valence-electron chi connectivity index (χ2n) is 7.92. The van der Waals surface area contributed by atoms with Crippen molar-refractivity contribution in [1.29, 1.82) is 0 Å².